The molecule has 0 unspecified atom stereocenters. The van der Waals surface area contributed by atoms with E-state index in [-0.39, 0.29) is 5.91 Å². The van der Waals surface area contributed by atoms with E-state index in [1.807, 2.05) is 30.5 Å². The summed E-state index contributed by atoms with van der Waals surface area (Å²) in [5.74, 6) is 1.34. The molecule has 1 aromatic heterocycles. The van der Waals surface area contributed by atoms with Crippen LogP contribution in [0.1, 0.15) is 22.6 Å². The van der Waals surface area contributed by atoms with Crippen LogP contribution < -0.4 is 10.1 Å². The van der Waals surface area contributed by atoms with E-state index in [2.05, 4.69) is 14.9 Å². The highest BCUT2D eigenvalue weighted by molar-refractivity contribution is 6.31. The first kappa shape index (κ1) is 16.7. The Morgan fingerprint density at radius 3 is 3.00 bits per heavy atom. The number of fused-ring (bicyclic) bond motifs is 1. The summed E-state index contributed by atoms with van der Waals surface area (Å²) in [6.07, 6.45) is 4.04. The van der Waals surface area contributed by atoms with Gasteiger partial charge in [0.15, 0.2) is 0 Å². The lowest BCUT2D eigenvalue weighted by molar-refractivity contribution is 0.102. The summed E-state index contributed by atoms with van der Waals surface area (Å²) in [7, 11) is 1.53. The Morgan fingerprint density at radius 1 is 1.27 bits per heavy atom. The van der Waals surface area contributed by atoms with Crippen molar-refractivity contribution in [3.8, 4) is 17.0 Å². The molecule has 5 nitrogen and oxygen atoms in total. The van der Waals surface area contributed by atoms with Crippen LogP contribution >= 0.6 is 11.6 Å². The van der Waals surface area contributed by atoms with E-state index in [0.717, 1.165) is 36.5 Å². The molecule has 2 heterocycles. The van der Waals surface area contributed by atoms with E-state index < -0.39 is 0 Å². The van der Waals surface area contributed by atoms with E-state index >= 15 is 0 Å². The predicted molar refractivity (Wildman–Crippen MR) is 102 cm³/mol. The molecule has 1 aliphatic rings. The number of imidazole rings is 1. The van der Waals surface area contributed by atoms with Crippen molar-refractivity contribution in [2.75, 3.05) is 12.4 Å². The van der Waals surface area contributed by atoms with E-state index in [0.29, 0.717) is 22.0 Å². The van der Waals surface area contributed by atoms with Crippen molar-refractivity contribution < 1.29 is 9.53 Å². The number of aryl methyl sites for hydroxylation is 1. The number of carbonyl (C=O) groups excluding carboxylic acids is 1. The molecule has 0 bridgehead atoms. The van der Waals surface area contributed by atoms with Crippen molar-refractivity contribution in [1.82, 2.24) is 9.55 Å². The molecule has 0 saturated heterocycles. The fourth-order valence-corrected chi connectivity index (χ4v) is 3.47. The van der Waals surface area contributed by atoms with Gasteiger partial charge in [-0.1, -0.05) is 23.7 Å². The highest BCUT2D eigenvalue weighted by Crippen LogP contribution is 2.28. The summed E-state index contributed by atoms with van der Waals surface area (Å²) in [4.78, 5) is 17.2. The molecular weight excluding hydrogens is 350 g/mol. The largest absolute Gasteiger partial charge is 0.496 e. The SMILES string of the molecule is COc1ccc(Cl)cc1C(=O)Nc1cccc(-c2cnc3n2CCC3)c1. The number of amides is 1. The fraction of sp³-hybridized carbons (Fsp3) is 0.200. The van der Waals surface area contributed by atoms with Crippen LogP contribution in [0.5, 0.6) is 5.75 Å². The normalized spacial score (nSPS) is 12.7. The van der Waals surface area contributed by atoms with Crippen molar-refractivity contribution >= 4 is 23.2 Å². The van der Waals surface area contributed by atoms with E-state index in [4.69, 9.17) is 16.3 Å². The second-order valence-corrected chi connectivity index (χ2v) is 6.63. The number of hydrogen-bond donors (Lipinski definition) is 1. The average Bonchev–Trinajstić information content (AvgIpc) is 3.25. The molecule has 4 rings (SSSR count). The van der Waals surface area contributed by atoms with Gasteiger partial charge in [0, 0.05) is 29.2 Å². The van der Waals surface area contributed by atoms with Crippen molar-refractivity contribution in [3.05, 3.63) is 65.1 Å². The first-order chi connectivity index (χ1) is 12.7. The Kier molecular flexibility index (Phi) is 4.39. The number of benzene rings is 2. The molecule has 1 N–H and O–H groups in total. The summed E-state index contributed by atoms with van der Waals surface area (Å²) < 4.78 is 7.50. The summed E-state index contributed by atoms with van der Waals surface area (Å²) in [5, 5.41) is 3.41. The summed E-state index contributed by atoms with van der Waals surface area (Å²) in [6, 6.07) is 12.7. The molecule has 0 atom stereocenters. The molecular formula is C20H18ClN3O2. The fourth-order valence-electron chi connectivity index (χ4n) is 3.30. The Labute approximate surface area is 156 Å². The van der Waals surface area contributed by atoms with Gasteiger partial charge in [-0.15, -0.1) is 0 Å². The molecule has 26 heavy (non-hydrogen) atoms. The Balaban J connectivity index is 1.61. The zero-order chi connectivity index (χ0) is 18.1. The maximum atomic E-state index is 12.7. The third kappa shape index (κ3) is 3.06. The predicted octanol–water partition coefficient (Wildman–Crippen LogP) is 4.41. The van der Waals surface area contributed by atoms with Crippen molar-refractivity contribution in [1.29, 1.82) is 0 Å². The number of nitrogens with zero attached hydrogens (tertiary/aromatic N) is 2. The molecule has 0 aliphatic carbocycles. The Bertz CT molecular complexity index is 981. The second-order valence-electron chi connectivity index (χ2n) is 6.19. The molecule has 1 amide bonds. The molecule has 132 valence electrons. The van der Waals surface area contributed by atoms with Crippen LogP contribution in [0.4, 0.5) is 5.69 Å². The van der Waals surface area contributed by atoms with Crippen LogP contribution in [0, 0.1) is 0 Å². The summed E-state index contributed by atoms with van der Waals surface area (Å²) in [5.41, 5.74) is 3.22. The molecule has 2 aromatic carbocycles. The van der Waals surface area contributed by atoms with Gasteiger partial charge >= 0.3 is 0 Å². The van der Waals surface area contributed by atoms with Gasteiger partial charge < -0.3 is 14.6 Å². The number of aromatic nitrogens is 2. The summed E-state index contributed by atoms with van der Waals surface area (Å²) in [6.45, 7) is 0.987. The zero-order valence-corrected chi connectivity index (χ0v) is 15.1. The van der Waals surface area contributed by atoms with Gasteiger partial charge in [-0.25, -0.2) is 4.98 Å². The zero-order valence-electron chi connectivity index (χ0n) is 14.3. The minimum absolute atomic E-state index is 0.264. The number of anilines is 1. The van der Waals surface area contributed by atoms with Gasteiger partial charge in [0.1, 0.15) is 11.6 Å². The molecule has 0 radical (unpaired) electrons. The number of nitrogens with one attached hydrogen (secondary N) is 1. The molecule has 0 fully saturated rings. The van der Waals surface area contributed by atoms with Crippen molar-refractivity contribution in [2.45, 2.75) is 19.4 Å². The first-order valence-electron chi connectivity index (χ1n) is 8.45. The van der Waals surface area contributed by atoms with Gasteiger partial charge in [-0.2, -0.15) is 0 Å². The van der Waals surface area contributed by atoms with Gasteiger partial charge in [0.05, 0.1) is 24.6 Å². The van der Waals surface area contributed by atoms with Crippen LogP contribution in [0.25, 0.3) is 11.3 Å². The number of ether oxygens (including phenoxy) is 1. The minimum Gasteiger partial charge on any atom is -0.496 e. The Hall–Kier alpha value is -2.79. The van der Waals surface area contributed by atoms with Crippen molar-refractivity contribution in [2.24, 2.45) is 0 Å². The first-order valence-corrected chi connectivity index (χ1v) is 8.83. The maximum Gasteiger partial charge on any atom is 0.259 e. The number of rotatable bonds is 4. The van der Waals surface area contributed by atoms with Crippen LogP contribution in [0.2, 0.25) is 5.02 Å². The maximum absolute atomic E-state index is 12.7. The highest BCUT2D eigenvalue weighted by atomic mass is 35.5. The lowest BCUT2D eigenvalue weighted by atomic mass is 10.1. The Morgan fingerprint density at radius 2 is 2.15 bits per heavy atom. The highest BCUT2D eigenvalue weighted by Gasteiger charge is 2.17. The lowest BCUT2D eigenvalue weighted by Gasteiger charge is -2.11. The van der Waals surface area contributed by atoms with Crippen molar-refractivity contribution in [3.63, 3.8) is 0 Å². The van der Waals surface area contributed by atoms with Crippen LogP contribution in [0.3, 0.4) is 0 Å². The van der Waals surface area contributed by atoms with Gasteiger partial charge in [0.2, 0.25) is 0 Å². The van der Waals surface area contributed by atoms with E-state index in [1.165, 1.54) is 7.11 Å². The van der Waals surface area contributed by atoms with Gasteiger partial charge in [-0.3, -0.25) is 4.79 Å². The van der Waals surface area contributed by atoms with Gasteiger partial charge in [0.25, 0.3) is 5.91 Å². The van der Waals surface area contributed by atoms with Crippen LogP contribution in [-0.4, -0.2) is 22.6 Å². The van der Waals surface area contributed by atoms with E-state index in [1.54, 1.807) is 18.2 Å². The molecule has 0 saturated carbocycles. The van der Waals surface area contributed by atoms with Crippen LogP contribution in [-0.2, 0) is 13.0 Å². The van der Waals surface area contributed by atoms with Crippen LogP contribution in [0.15, 0.2) is 48.7 Å². The third-order valence-corrected chi connectivity index (χ3v) is 4.78. The van der Waals surface area contributed by atoms with Gasteiger partial charge in [-0.05, 0) is 36.8 Å². The number of halogens is 1. The second kappa shape index (κ2) is 6.84. The molecule has 1 aliphatic heterocycles. The molecule has 0 spiro atoms. The molecule has 6 heteroatoms. The topological polar surface area (TPSA) is 56.1 Å². The van der Waals surface area contributed by atoms with E-state index in [9.17, 15) is 4.79 Å². The number of methoxy groups -OCH3 is 1. The number of carbonyl (C=O) groups is 1. The quantitative estimate of drug-likeness (QED) is 0.743. The molecule has 3 aromatic rings. The standard InChI is InChI=1S/C20H18ClN3O2/c1-26-18-8-7-14(21)11-16(18)20(25)23-15-5-2-4-13(10-15)17-12-22-19-6-3-9-24(17)19/h2,4-5,7-8,10-12H,3,6,9H2,1H3,(H,23,25). The number of hydrogen-bond acceptors (Lipinski definition) is 3. The third-order valence-electron chi connectivity index (χ3n) is 4.54. The average molecular weight is 368 g/mol. The minimum atomic E-state index is -0.264. The lowest BCUT2D eigenvalue weighted by Crippen LogP contribution is -2.13. The summed E-state index contributed by atoms with van der Waals surface area (Å²) >= 11 is 6.02. The monoisotopic (exact) mass is 367 g/mol. The smallest absolute Gasteiger partial charge is 0.259 e.